The molecule has 1 aromatic heterocycles. The molecule has 3 aromatic rings. The second-order valence-electron chi connectivity index (χ2n) is 7.07. The van der Waals surface area contributed by atoms with E-state index in [1.54, 1.807) is 36.5 Å². The Kier molecular flexibility index (Phi) is 3.89. The van der Waals surface area contributed by atoms with Gasteiger partial charge in [-0.2, -0.15) is 5.10 Å². The Hall–Kier alpha value is -2.90. The highest BCUT2D eigenvalue weighted by Gasteiger charge is 2.36. The average molecular weight is 392 g/mol. The monoisotopic (exact) mass is 391 g/mol. The van der Waals surface area contributed by atoms with Gasteiger partial charge >= 0.3 is 7.05 Å². The molecule has 8 heteroatoms. The van der Waals surface area contributed by atoms with Crippen molar-refractivity contribution in [2.24, 2.45) is 5.10 Å². The van der Waals surface area contributed by atoms with E-state index in [0.29, 0.717) is 21.4 Å². The normalized spacial score (nSPS) is 15.8. The summed E-state index contributed by atoms with van der Waals surface area (Å²) in [6, 6.07) is 12.5. The van der Waals surface area contributed by atoms with Crippen LogP contribution < -0.4 is 10.9 Å². The van der Waals surface area contributed by atoms with E-state index in [9.17, 15) is 14.6 Å². The number of benzene rings is 2. The molecule has 1 N–H and O–H groups in total. The lowest BCUT2D eigenvalue weighted by Gasteiger charge is -2.25. The molecule has 1 aliphatic heterocycles. The minimum Gasteiger partial charge on any atom is -0.427 e. The highest BCUT2D eigenvalue weighted by Crippen LogP contribution is 2.37. The molecule has 0 saturated heterocycles. The number of para-hydroxylation sites is 1. The Bertz CT molecular complexity index is 1220. The first-order valence-electron chi connectivity index (χ1n) is 9.03. The van der Waals surface area contributed by atoms with Crippen LogP contribution in [0.4, 0.5) is 0 Å². The summed E-state index contributed by atoms with van der Waals surface area (Å²) >= 11 is 5.98. The van der Waals surface area contributed by atoms with E-state index in [1.807, 2.05) is 16.7 Å². The summed E-state index contributed by atoms with van der Waals surface area (Å²) in [5.41, 5.74) is 1.60. The number of carbonyl (C=O) groups excluding carboxylic acids is 1. The SMILES string of the molecule is O=C(c1cn(C2CC2)c2ccccc2c1=O)N1N=Cc2cc(Cl)ccc2B1O. The van der Waals surface area contributed by atoms with Crippen molar-refractivity contribution >= 4 is 47.1 Å². The number of hydrogen-bond acceptors (Lipinski definition) is 4. The molecule has 28 heavy (non-hydrogen) atoms. The van der Waals surface area contributed by atoms with Gasteiger partial charge in [0, 0.05) is 22.6 Å². The number of halogens is 1. The second kappa shape index (κ2) is 6.33. The van der Waals surface area contributed by atoms with Crippen LogP contribution in [0.15, 0.2) is 58.6 Å². The van der Waals surface area contributed by atoms with Gasteiger partial charge in [0.05, 0.1) is 11.7 Å². The zero-order chi connectivity index (χ0) is 19.4. The van der Waals surface area contributed by atoms with Crippen LogP contribution in [-0.2, 0) is 0 Å². The predicted molar refractivity (Wildman–Crippen MR) is 109 cm³/mol. The third-order valence-corrected chi connectivity index (χ3v) is 5.43. The lowest BCUT2D eigenvalue weighted by Crippen LogP contribution is -2.53. The minimum absolute atomic E-state index is 0.000728. The maximum absolute atomic E-state index is 13.2. The molecular weight excluding hydrogens is 377 g/mol. The second-order valence-corrected chi connectivity index (χ2v) is 7.51. The molecule has 0 spiro atoms. The Morgan fingerprint density at radius 1 is 1.21 bits per heavy atom. The fourth-order valence-electron chi connectivity index (χ4n) is 3.61. The number of rotatable bonds is 2. The van der Waals surface area contributed by atoms with Crippen molar-refractivity contribution in [3.63, 3.8) is 0 Å². The van der Waals surface area contributed by atoms with Crippen LogP contribution in [0.2, 0.25) is 5.02 Å². The zero-order valence-electron chi connectivity index (χ0n) is 14.7. The van der Waals surface area contributed by atoms with E-state index in [4.69, 9.17) is 11.6 Å². The number of hydrazone groups is 1. The van der Waals surface area contributed by atoms with Gasteiger partial charge in [-0.15, -0.1) is 0 Å². The van der Waals surface area contributed by atoms with Crippen molar-refractivity contribution in [2.75, 3.05) is 0 Å². The Balaban J connectivity index is 1.61. The number of aromatic nitrogens is 1. The highest BCUT2D eigenvalue weighted by molar-refractivity contribution is 6.68. The van der Waals surface area contributed by atoms with Crippen LogP contribution in [0.1, 0.15) is 34.8 Å². The van der Waals surface area contributed by atoms with E-state index in [-0.39, 0.29) is 17.0 Å². The first-order valence-corrected chi connectivity index (χ1v) is 9.41. The first-order chi connectivity index (χ1) is 13.5. The van der Waals surface area contributed by atoms with Gasteiger partial charge in [-0.3, -0.25) is 9.59 Å². The number of hydrogen-bond donors (Lipinski definition) is 1. The molecule has 1 aliphatic carbocycles. The summed E-state index contributed by atoms with van der Waals surface area (Å²) in [5, 5.41) is 15.8. The lowest BCUT2D eigenvalue weighted by atomic mass is 9.69. The molecule has 2 heterocycles. The average Bonchev–Trinajstić information content (AvgIpc) is 3.53. The fraction of sp³-hybridized carbons (Fsp3) is 0.150. The highest BCUT2D eigenvalue weighted by atomic mass is 35.5. The van der Waals surface area contributed by atoms with Crippen molar-refractivity contribution in [1.82, 2.24) is 9.49 Å². The van der Waals surface area contributed by atoms with E-state index in [0.717, 1.165) is 23.3 Å². The van der Waals surface area contributed by atoms with Crippen molar-refractivity contribution in [1.29, 1.82) is 0 Å². The molecule has 1 saturated carbocycles. The van der Waals surface area contributed by atoms with Crippen molar-refractivity contribution in [3.05, 3.63) is 75.0 Å². The van der Waals surface area contributed by atoms with Gasteiger partial charge in [0.1, 0.15) is 5.56 Å². The smallest absolute Gasteiger partial charge is 0.427 e. The number of pyridine rings is 1. The maximum atomic E-state index is 13.2. The van der Waals surface area contributed by atoms with E-state index in [2.05, 4.69) is 5.10 Å². The van der Waals surface area contributed by atoms with Crippen molar-refractivity contribution < 1.29 is 9.82 Å². The molecular formula is C20H15BClN3O3. The number of nitrogens with zero attached hydrogens (tertiary/aromatic N) is 3. The summed E-state index contributed by atoms with van der Waals surface area (Å²) in [6.45, 7) is 0. The molecule has 138 valence electrons. The summed E-state index contributed by atoms with van der Waals surface area (Å²) in [6.07, 6.45) is 5.09. The van der Waals surface area contributed by atoms with Gasteiger partial charge in [0.25, 0.3) is 5.91 Å². The maximum Gasteiger partial charge on any atom is 0.474 e. The van der Waals surface area contributed by atoms with Crippen LogP contribution >= 0.6 is 11.6 Å². The first kappa shape index (κ1) is 17.2. The predicted octanol–water partition coefficient (Wildman–Crippen LogP) is 2.17. The van der Waals surface area contributed by atoms with Crippen LogP contribution in [0.25, 0.3) is 10.9 Å². The Labute approximate surface area is 165 Å². The summed E-state index contributed by atoms with van der Waals surface area (Å²) in [5.74, 6) is -0.630. The van der Waals surface area contributed by atoms with Gasteiger partial charge in [0.15, 0.2) is 0 Å². The van der Waals surface area contributed by atoms with Crippen molar-refractivity contribution in [2.45, 2.75) is 18.9 Å². The molecule has 0 unspecified atom stereocenters. The summed E-state index contributed by atoms with van der Waals surface area (Å²) < 4.78 is 1.98. The molecule has 1 fully saturated rings. The molecule has 2 aromatic carbocycles. The lowest BCUT2D eigenvalue weighted by molar-refractivity contribution is 0.0844. The largest absolute Gasteiger partial charge is 0.474 e. The van der Waals surface area contributed by atoms with Crippen LogP contribution in [-0.4, -0.2) is 33.7 Å². The summed E-state index contributed by atoms with van der Waals surface area (Å²) in [7, 11) is -1.29. The van der Waals surface area contributed by atoms with Crippen LogP contribution in [0.3, 0.4) is 0 Å². The van der Waals surface area contributed by atoms with Crippen LogP contribution in [0.5, 0.6) is 0 Å². The molecule has 0 atom stereocenters. The molecule has 5 rings (SSSR count). The zero-order valence-corrected chi connectivity index (χ0v) is 15.5. The number of fused-ring (bicyclic) bond motifs is 2. The molecule has 0 radical (unpaired) electrons. The molecule has 1 amide bonds. The van der Waals surface area contributed by atoms with Gasteiger partial charge in [-0.05, 0) is 48.1 Å². The third-order valence-electron chi connectivity index (χ3n) is 5.20. The molecule has 6 nitrogen and oxygen atoms in total. The fourth-order valence-corrected chi connectivity index (χ4v) is 3.79. The number of amides is 1. The molecule has 2 aliphatic rings. The van der Waals surface area contributed by atoms with Gasteiger partial charge in [-0.1, -0.05) is 29.8 Å². The van der Waals surface area contributed by atoms with E-state index in [1.165, 1.54) is 6.21 Å². The third kappa shape index (κ3) is 2.66. The van der Waals surface area contributed by atoms with Crippen LogP contribution in [0, 0.1) is 0 Å². The van der Waals surface area contributed by atoms with Gasteiger partial charge in [0.2, 0.25) is 5.43 Å². The summed E-state index contributed by atoms with van der Waals surface area (Å²) in [4.78, 5) is 27.1. The van der Waals surface area contributed by atoms with E-state index < -0.39 is 13.0 Å². The molecule has 0 bridgehead atoms. The van der Waals surface area contributed by atoms with Gasteiger partial charge in [-0.25, -0.2) is 4.92 Å². The topological polar surface area (TPSA) is 74.9 Å². The Morgan fingerprint density at radius 2 is 2.00 bits per heavy atom. The van der Waals surface area contributed by atoms with Crippen molar-refractivity contribution in [3.8, 4) is 0 Å². The quantitative estimate of drug-likeness (QED) is 0.680. The minimum atomic E-state index is -1.29. The number of carbonyl (C=O) groups is 1. The Morgan fingerprint density at radius 3 is 2.79 bits per heavy atom. The van der Waals surface area contributed by atoms with E-state index >= 15 is 0 Å². The standard InChI is InChI=1S/C20H15BClN3O3/c22-13-5-8-17-12(9-13)10-23-25(21(17)28)20(27)16-11-24(14-6-7-14)18-4-2-1-3-15(18)19(16)26/h1-5,8-11,14,28H,6-7H2. The van der Waals surface area contributed by atoms with Gasteiger partial charge < -0.3 is 9.59 Å².